The fourth-order valence-electron chi connectivity index (χ4n) is 6.00. The first kappa shape index (κ1) is 27.6. The Hall–Kier alpha value is -5.21. The van der Waals surface area contributed by atoms with Crippen LogP contribution in [0.3, 0.4) is 0 Å². The van der Waals surface area contributed by atoms with Crippen molar-refractivity contribution in [2.75, 3.05) is 17.2 Å². The molecule has 4 aromatic carbocycles. The predicted molar refractivity (Wildman–Crippen MR) is 178 cm³/mol. The van der Waals surface area contributed by atoms with Gasteiger partial charge in [-0.05, 0) is 90.0 Å². The average molecular weight is 603 g/mol. The molecule has 1 aliphatic carbocycles. The van der Waals surface area contributed by atoms with Gasteiger partial charge in [0.05, 0.1) is 0 Å². The van der Waals surface area contributed by atoms with E-state index in [4.69, 9.17) is 11.6 Å². The molecule has 1 unspecified atom stereocenters. The Morgan fingerprint density at radius 2 is 1.59 bits per heavy atom. The van der Waals surface area contributed by atoms with E-state index in [9.17, 15) is 9.59 Å². The van der Waals surface area contributed by atoms with Gasteiger partial charge in [-0.25, -0.2) is 9.59 Å². The van der Waals surface area contributed by atoms with Crippen LogP contribution >= 0.6 is 11.6 Å². The van der Waals surface area contributed by atoms with E-state index >= 15 is 0 Å². The number of hydrogen-bond acceptors (Lipinski definition) is 2. The maximum atomic E-state index is 12.8. The van der Waals surface area contributed by atoms with Crippen LogP contribution in [0.15, 0.2) is 97.3 Å². The maximum Gasteiger partial charge on any atom is 0.319 e. The van der Waals surface area contributed by atoms with Gasteiger partial charge in [-0.2, -0.15) is 0 Å². The molecule has 2 aromatic heterocycles. The highest BCUT2D eigenvalue weighted by Gasteiger charge is 2.24. The highest BCUT2D eigenvalue weighted by atomic mass is 35.5. The lowest BCUT2D eigenvalue weighted by molar-refractivity contribution is 0.248. The third-order valence-corrected chi connectivity index (χ3v) is 8.54. The van der Waals surface area contributed by atoms with Crippen LogP contribution in [0.2, 0.25) is 5.02 Å². The first-order valence-corrected chi connectivity index (χ1v) is 15.0. The number of amides is 4. The van der Waals surface area contributed by atoms with Gasteiger partial charge in [-0.1, -0.05) is 48.0 Å². The van der Waals surface area contributed by atoms with E-state index in [2.05, 4.69) is 49.4 Å². The number of nitrogens with one attached hydrogen (secondary N) is 6. The van der Waals surface area contributed by atoms with Gasteiger partial charge in [0, 0.05) is 68.7 Å². The lowest BCUT2D eigenvalue weighted by Crippen LogP contribution is -2.38. The third-order valence-electron chi connectivity index (χ3n) is 8.17. The second-order valence-electron chi connectivity index (χ2n) is 11.2. The lowest BCUT2D eigenvalue weighted by Gasteiger charge is -2.13. The molecule has 7 rings (SSSR count). The van der Waals surface area contributed by atoms with Gasteiger partial charge in [0.25, 0.3) is 0 Å². The zero-order valence-corrected chi connectivity index (χ0v) is 24.6. The Labute approximate surface area is 259 Å². The molecule has 4 amide bonds. The molecule has 6 aromatic rings. The predicted octanol–water partition coefficient (Wildman–Crippen LogP) is 7.62. The second kappa shape index (κ2) is 11.8. The number of rotatable bonds is 7. The molecular weight excluding hydrogens is 572 g/mol. The van der Waals surface area contributed by atoms with E-state index in [1.807, 2.05) is 79.1 Å². The Balaban J connectivity index is 0.987. The van der Waals surface area contributed by atoms with Crippen molar-refractivity contribution in [2.24, 2.45) is 0 Å². The molecule has 1 atom stereocenters. The second-order valence-corrected chi connectivity index (χ2v) is 11.6. The first-order valence-electron chi connectivity index (χ1n) is 14.6. The van der Waals surface area contributed by atoms with E-state index in [0.717, 1.165) is 57.0 Å². The van der Waals surface area contributed by atoms with Crippen molar-refractivity contribution in [3.63, 3.8) is 0 Å². The minimum atomic E-state index is -0.265. The van der Waals surface area contributed by atoms with Crippen molar-refractivity contribution < 1.29 is 9.59 Å². The highest BCUT2D eigenvalue weighted by Crippen LogP contribution is 2.34. The van der Waals surface area contributed by atoms with Gasteiger partial charge in [-0.15, -0.1) is 0 Å². The Bertz CT molecular complexity index is 2010. The van der Waals surface area contributed by atoms with Crippen LogP contribution in [0.4, 0.5) is 21.0 Å². The van der Waals surface area contributed by atoms with E-state index in [-0.39, 0.29) is 18.1 Å². The van der Waals surface area contributed by atoms with Gasteiger partial charge in [0.2, 0.25) is 0 Å². The molecule has 0 saturated heterocycles. The molecule has 0 radical (unpaired) electrons. The molecule has 9 heteroatoms. The minimum absolute atomic E-state index is 0.0199. The summed E-state index contributed by atoms with van der Waals surface area (Å²) in [5.41, 5.74) is 9.09. The molecule has 2 heterocycles. The number of fused-ring (bicyclic) bond motifs is 3. The molecule has 6 N–H and O–H groups in total. The van der Waals surface area contributed by atoms with E-state index < -0.39 is 0 Å². The van der Waals surface area contributed by atoms with Crippen molar-refractivity contribution in [1.29, 1.82) is 0 Å². The van der Waals surface area contributed by atoms with Crippen LogP contribution in [-0.4, -0.2) is 34.6 Å². The van der Waals surface area contributed by atoms with Crippen LogP contribution in [0.1, 0.15) is 16.7 Å². The van der Waals surface area contributed by atoms with Gasteiger partial charge >= 0.3 is 12.1 Å². The van der Waals surface area contributed by atoms with Gasteiger partial charge in [0.1, 0.15) is 0 Å². The summed E-state index contributed by atoms with van der Waals surface area (Å²) >= 11 is 6.23. The standard InChI is InChI=1S/C35H31ClN6O2/c36-31-4-2-1-3-21(31)11-14-38-34(43)40-27-8-10-33-29(19-27)30(20-39-33)23-6-5-22-16-28(18-25(22)15-23)42-35(44)41-26-7-9-32-24(17-26)12-13-37-32/h1-10,12-13,15,17,19-20,28,37,39H,11,14,16,18H2,(H2,38,40,43)(H2,41,42,44). The van der Waals surface area contributed by atoms with Crippen molar-refractivity contribution >= 4 is 56.8 Å². The topological polar surface area (TPSA) is 114 Å². The summed E-state index contributed by atoms with van der Waals surface area (Å²) in [6.07, 6.45) is 6.08. The summed E-state index contributed by atoms with van der Waals surface area (Å²) in [6.45, 7) is 0.475. The Morgan fingerprint density at radius 1 is 0.795 bits per heavy atom. The molecular formula is C35H31ClN6O2. The number of urea groups is 2. The van der Waals surface area contributed by atoms with E-state index in [1.54, 1.807) is 0 Å². The first-order chi connectivity index (χ1) is 21.5. The number of anilines is 2. The van der Waals surface area contributed by atoms with Crippen LogP contribution in [0.25, 0.3) is 32.9 Å². The monoisotopic (exact) mass is 602 g/mol. The van der Waals surface area contributed by atoms with Crippen LogP contribution in [-0.2, 0) is 19.3 Å². The molecule has 8 nitrogen and oxygen atoms in total. The maximum absolute atomic E-state index is 12.8. The van der Waals surface area contributed by atoms with Crippen molar-refractivity contribution in [1.82, 2.24) is 20.6 Å². The van der Waals surface area contributed by atoms with Gasteiger partial charge in [0.15, 0.2) is 0 Å². The third kappa shape index (κ3) is 5.85. The Kier molecular flexibility index (Phi) is 7.42. The largest absolute Gasteiger partial charge is 0.361 e. The fourth-order valence-corrected chi connectivity index (χ4v) is 6.23. The minimum Gasteiger partial charge on any atom is -0.361 e. The molecule has 220 valence electrons. The zero-order valence-electron chi connectivity index (χ0n) is 23.8. The van der Waals surface area contributed by atoms with Crippen LogP contribution in [0, 0.1) is 0 Å². The fraction of sp³-hybridized carbons (Fsp3) is 0.143. The SMILES string of the molecule is O=C(NCCc1ccccc1Cl)Nc1ccc2[nH]cc(-c3ccc4c(c3)CC(NC(=O)Nc3ccc5[nH]ccc5c3)C4)c2c1. The summed E-state index contributed by atoms with van der Waals surface area (Å²) in [7, 11) is 0. The van der Waals surface area contributed by atoms with Gasteiger partial charge < -0.3 is 31.2 Å². The molecule has 0 saturated carbocycles. The number of carbonyl (C=O) groups excluding carboxylic acids is 2. The lowest BCUT2D eigenvalue weighted by atomic mass is 10.00. The summed E-state index contributed by atoms with van der Waals surface area (Å²) < 4.78 is 0. The zero-order chi connectivity index (χ0) is 30.0. The number of H-pyrrole nitrogens is 2. The summed E-state index contributed by atoms with van der Waals surface area (Å²) in [5.74, 6) is 0. The molecule has 0 bridgehead atoms. The molecule has 1 aliphatic rings. The van der Waals surface area contributed by atoms with Crippen molar-refractivity contribution in [3.05, 3.63) is 119 Å². The smallest absolute Gasteiger partial charge is 0.319 e. The van der Waals surface area contributed by atoms with E-state index in [0.29, 0.717) is 23.7 Å². The Morgan fingerprint density at radius 3 is 2.48 bits per heavy atom. The number of aromatic amines is 2. The average Bonchev–Trinajstić information content (AvgIpc) is 3.75. The molecule has 0 spiro atoms. The molecule has 0 fully saturated rings. The molecule has 44 heavy (non-hydrogen) atoms. The quantitative estimate of drug-likeness (QED) is 0.113. The summed E-state index contributed by atoms with van der Waals surface area (Å²) in [5, 5.41) is 14.7. The van der Waals surface area contributed by atoms with Crippen LogP contribution in [0.5, 0.6) is 0 Å². The number of halogens is 1. The molecule has 0 aliphatic heterocycles. The summed E-state index contributed by atoms with van der Waals surface area (Å²) in [4.78, 5) is 31.9. The van der Waals surface area contributed by atoms with Gasteiger partial charge in [-0.3, -0.25) is 0 Å². The number of benzene rings is 4. The number of aromatic nitrogens is 2. The highest BCUT2D eigenvalue weighted by molar-refractivity contribution is 6.31. The number of carbonyl (C=O) groups is 2. The van der Waals surface area contributed by atoms with Crippen molar-refractivity contribution in [3.8, 4) is 11.1 Å². The normalized spacial score (nSPS) is 14.0. The van der Waals surface area contributed by atoms with Crippen LogP contribution < -0.4 is 21.3 Å². The number of hydrogen-bond donors (Lipinski definition) is 6. The van der Waals surface area contributed by atoms with E-state index in [1.165, 1.54) is 11.1 Å². The summed E-state index contributed by atoms with van der Waals surface area (Å²) in [6, 6.07) is 27.3. The van der Waals surface area contributed by atoms with Crippen molar-refractivity contribution in [2.45, 2.75) is 25.3 Å².